The van der Waals surface area contributed by atoms with E-state index in [2.05, 4.69) is 26.0 Å². The molecule has 0 spiro atoms. The molecule has 0 aliphatic heterocycles. The van der Waals surface area contributed by atoms with Gasteiger partial charge < -0.3 is 0 Å². The van der Waals surface area contributed by atoms with Gasteiger partial charge in [0.1, 0.15) is 5.82 Å². The molecule has 0 saturated heterocycles. The summed E-state index contributed by atoms with van der Waals surface area (Å²) in [5.41, 5.74) is 0.229. The lowest BCUT2D eigenvalue weighted by Gasteiger charge is -2.20. The first-order valence-electron chi connectivity index (χ1n) is 7.17. The smallest absolute Gasteiger partial charge is 0.267 e. The van der Waals surface area contributed by atoms with E-state index in [9.17, 15) is 4.79 Å². The van der Waals surface area contributed by atoms with Gasteiger partial charge in [0.15, 0.2) is 0 Å². The van der Waals surface area contributed by atoms with Crippen molar-refractivity contribution < 1.29 is 0 Å². The van der Waals surface area contributed by atoms with Gasteiger partial charge in [-0.3, -0.25) is 4.79 Å². The standard InChI is InChI=1S/C17H16BrN3OS/c1-17(2,3)16-20-14-7-6-11(18)9-13(14)15(22)21(16)19-10-12-5-4-8-23-12/h4-10H,1-3H3. The Balaban J connectivity index is 2.28. The Labute approximate surface area is 146 Å². The highest BCUT2D eigenvalue weighted by atomic mass is 79.9. The van der Waals surface area contributed by atoms with Crippen molar-refractivity contribution in [3.63, 3.8) is 0 Å². The molecule has 0 atom stereocenters. The number of rotatable bonds is 2. The number of aromatic nitrogens is 2. The highest BCUT2D eigenvalue weighted by molar-refractivity contribution is 9.10. The van der Waals surface area contributed by atoms with Crippen LogP contribution < -0.4 is 5.56 Å². The summed E-state index contributed by atoms with van der Waals surface area (Å²) in [5.74, 6) is 0.644. The fourth-order valence-electron chi connectivity index (χ4n) is 2.22. The lowest BCUT2D eigenvalue weighted by Crippen LogP contribution is -2.29. The van der Waals surface area contributed by atoms with Gasteiger partial charge in [-0.2, -0.15) is 9.78 Å². The second-order valence-electron chi connectivity index (χ2n) is 6.22. The van der Waals surface area contributed by atoms with E-state index in [0.717, 1.165) is 9.35 Å². The highest BCUT2D eigenvalue weighted by Crippen LogP contribution is 2.23. The Morgan fingerprint density at radius 3 is 2.74 bits per heavy atom. The van der Waals surface area contributed by atoms with Crippen LogP contribution in [-0.4, -0.2) is 15.9 Å². The molecule has 2 heterocycles. The minimum absolute atomic E-state index is 0.158. The molecule has 0 unspecified atom stereocenters. The Morgan fingerprint density at radius 1 is 1.30 bits per heavy atom. The largest absolute Gasteiger partial charge is 0.282 e. The minimum Gasteiger partial charge on any atom is -0.267 e. The van der Waals surface area contributed by atoms with Crippen LogP contribution in [0.4, 0.5) is 0 Å². The molecule has 0 saturated carbocycles. The summed E-state index contributed by atoms with van der Waals surface area (Å²) in [7, 11) is 0. The number of nitrogens with zero attached hydrogens (tertiary/aromatic N) is 3. The maximum Gasteiger partial charge on any atom is 0.282 e. The van der Waals surface area contributed by atoms with Gasteiger partial charge in [-0.05, 0) is 29.6 Å². The van der Waals surface area contributed by atoms with E-state index < -0.39 is 0 Å². The maximum absolute atomic E-state index is 12.9. The molecule has 0 bridgehead atoms. The first-order chi connectivity index (χ1) is 10.9. The van der Waals surface area contributed by atoms with Crippen LogP contribution in [0.3, 0.4) is 0 Å². The van der Waals surface area contributed by atoms with Crippen molar-refractivity contribution >= 4 is 44.4 Å². The second-order valence-corrected chi connectivity index (χ2v) is 8.12. The quantitative estimate of drug-likeness (QED) is 0.609. The molecule has 1 aromatic carbocycles. The summed E-state index contributed by atoms with van der Waals surface area (Å²) in [4.78, 5) is 18.6. The third kappa shape index (κ3) is 3.28. The van der Waals surface area contributed by atoms with Crippen LogP contribution in [0, 0.1) is 0 Å². The summed E-state index contributed by atoms with van der Waals surface area (Å²) in [5, 5.41) is 6.93. The van der Waals surface area contributed by atoms with Crippen LogP contribution in [0.15, 0.2) is 50.1 Å². The molecule has 2 aromatic heterocycles. The zero-order valence-electron chi connectivity index (χ0n) is 13.1. The Hall–Kier alpha value is -1.79. The molecular weight excluding hydrogens is 374 g/mol. The zero-order chi connectivity index (χ0) is 16.6. The molecule has 0 aliphatic carbocycles. The molecule has 118 valence electrons. The Kier molecular flexibility index (Phi) is 4.21. The van der Waals surface area contributed by atoms with Crippen LogP contribution >= 0.6 is 27.3 Å². The van der Waals surface area contributed by atoms with E-state index in [1.165, 1.54) is 4.68 Å². The molecule has 4 nitrogen and oxygen atoms in total. The first kappa shape index (κ1) is 16.1. The fraction of sp³-hybridized carbons (Fsp3) is 0.235. The predicted octanol–water partition coefficient (Wildman–Crippen LogP) is 4.40. The molecule has 0 aliphatic rings. The van der Waals surface area contributed by atoms with Gasteiger partial charge in [-0.25, -0.2) is 4.98 Å². The monoisotopic (exact) mass is 389 g/mol. The number of benzene rings is 1. The van der Waals surface area contributed by atoms with E-state index in [0.29, 0.717) is 16.7 Å². The topological polar surface area (TPSA) is 47.2 Å². The summed E-state index contributed by atoms with van der Waals surface area (Å²) in [6, 6.07) is 9.44. The van der Waals surface area contributed by atoms with Crippen LogP contribution in [0.5, 0.6) is 0 Å². The summed E-state index contributed by atoms with van der Waals surface area (Å²) in [6.07, 6.45) is 1.70. The van der Waals surface area contributed by atoms with Crippen LogP contribution in [-0.2, 0) is 5.41 Å². The van der Waals surface area contributed by atoms with Crippen LogP contribution in [0.2, 0.25) is 0 Å². The normalized spacial score (nSPS) is 12.3. The Morgan fingerprint density at radius 2 is 2.09 bits per heavy atom. The van der Waals surface area contributed by atoms with E-state index >= 15 is 0 Å². The van der Waals surface area contributed by atoms with Crippen molar-refractivity contribution in [2.75, 3.05) is 0 Å². The van der Waals surface area contributed by atoms with Crippen molar-refractivity contribution in [1.29, 1.82) is 0 Å². The van der Waals surface area contributed by atoms with Crippen LogP contribution in [0.1, 0.15) is 31.5 Å². The van der Waals surface area contributed by atoms with Crippen molar-refractivity contribution in [2.24, 2.45) is 5.10 Å². The summed E-state index contributed by atoms with van der Waals surface area (Å²) in [6.45, 7) is 6.07. The number of hydrogen-bond acceptors (Lipinski definition) is 4. The fourth-order valence-corrected chi connectivity index (χ4v) is 3.16. The molecule has 23 heavy (non-hydrogen) atoms. The first-order valence-corrected chi connectivity index (χ1v) is 8.84. The molecule has 0 N–H and O–H groups in total. The molecule has 3 rings (SSSR count). The summed E-state index contributed by atoms with van der Waals surface area (Å²) < 4.78 is 2.26. The molecule has 0 amide bonds. The average molecular weight is 390 g/mol. The van der Waals surface area contributed by atoms with Gasteiger partial charge in [0.25, 0.3) is 5.56 Å². The Bertz CT molecular complexity index is 937. The summed E-state index contributed by atoms with van der Waals surface area (Å²) >= 11 is 4.98. The predicted molar refractivity (Wildman–Crippen MR) is 99.7 cm³/mol. The van der Waals surface area contributed by atoms with Gasteiger partial charge in [0, 0.05) is 14.8 Å². The van der Waals surface area contributed by atoms with Crippen molar-refractivity contribution in [3.8, 4) is 0 Å². The SMILES string of the molecule is CC(C)(C)c1nc2ccc(Br)cc2c(=O)n1N=Cc1cccs1. The molecule has 6 heteroatoms. The molecule has 0 fully saturated rings. The van der Waals surface area contributed by atoms with Gasteiger partial charge >= 0.3 is 0 Å². The van der Waals surface area contributed by atoms with E-state index in [1.54, 1.807) is 23.6 Å². The van der Waals surface area contributed by atoms with Gasteiger partial charge in [-0.15, -0.1) is 11.3 Å². The molecular formula is C17H16BrN3OS. The van der Waals surface area contributed by atoms with Crippen LogP contribution in [0.25, 0.3) is 10.9 Å². The molecule has 3 aromatic rings. The lowest BCUT2D eigenvalue weighted by atomic mass is 9.95. The van der Waals surface area contributed by atoms with E-state index in [1.807, 2.05) is 50.4 Å². The highest BCUT2D eigenvalue weighted by Gasteiger charge is 2.22. The minimum atomic E-state index is -0.298. The van der Waals surface area contributed by atoms with Gasteiger partial charge in [-0.1, -0.05) is 42.8 Å². The second kappa shape index (κ2) is 6.02. The lowest BCUT2D eigenvalue weighted by molar-refractivity contribution is 0.506. The van der Waals surface area contributed by atoms with Crippen molar-refractivity contribution in [3.05, 3.63) is 61.2 Å². The van der Waals surface area contributed by atoms with E-state index in [4.69, 9.17) is 0 Å². The average Bonchev–Trinajstić information content (AvgIpc) is 2.99. The van der Waals surface area contributed by atoms with E-state index in [-0.39, 0.29) is 11.0 Å². The molecule has 0 radical (unpaired) electrons. The number of hydrogen-bond donors (Lipinski definition) is 0. The third-order valence-electron chi connectivity index (χ3n) is 3.32. The van der Waals surface area contributed by atoms with Gasteiger partial charge in [0.05, 0.1) is 17.1 Å². The maximum atomic E-state index is 12.9. The van der Waals surface area contributed by atoms with Crippen molar-refractivity contribution in [2.45, 2.75) is 26.2 Å². The van der Waals surface area contributed by atoms with Crippen molar-refractivity contribution in [1.82, 2.24) is 9.66 Å². The number of halogens is 1. The third-order valence-corrected chi connectivity index (χ3v) is 4.62. The van der Waals surface area contributed by atoms with Gasteiger partial charge in [0.2, 0.25) is 0 Å². The number of fused-ring (bicyclic) bond motifs is 1. The zero-order valence-corrected chi connectivity index (χ0v) is 15.5. The number of thiophene rings is 1.